The Morgan fingerprint density at radius 2 is 2.00 bits per heavy atom. The lowest BCUT2D eigenvalue weighted by molar-refractivity contribution is -0.137. The smallest absolute Gasteiger partial charge is 0.302 e. The number of aromatic nitrogens is 4. The van der Waals surface area contributed by atoms with Gasteiger partial charge < -0.3 is 4.90 Å². The fourth-order valence-corrected chi connectivity index (χ4v) is 5.30. The largest absolute Gasteiger partial charge is 0.416 e. The molecule has 2 aliphatic rings. The fourth-order valence-electron chi connectivity index (χ4n) is 4.52. The Bertz CT molecular complexity index is 806. The van der Waals surface area contributed by atoms with Crippen molar-refractivity contribution in [2.75, 3.05) is 25.4 Å². The highest BCUT2D eigenvalue weighted by atomic mass is 32.2. The molecule has 0 N–H and O–H groups in total. The van der Waals surface area contributed by atoms with Crippen molar-refractivity contribution in [1.82, 2.24) is 25.1 Å². The fraction of sp³-hybridized carbons (Fsp3) is 0.611. The highest BCUT2D eigenvalue weighted by molar-refractivity contribution is 7.99. The second kappa shape index (κ2) is 6.77. The molecule has 1 aromatic heterocycles. The average Bonchev–Trinajstić information content (AvgIpc) is 2.98. The quantitative estimate of drug-likeness (QED) is 0.553. The summed E-state index contributed by atoms with van der Waals surface area (Å²) in [5, 5.41) is 12.2. The number of rotatable bonds is 6. The Hall–Kier alpha value is -1.61. The van der Waals surface area contributed by atoms with Crippen molar-refractivity contribution in [2.45, 2.75) is 30.1 Å². The van der Waals surface area contributed by atoms with Crippen molar-refractivity contribution in [1.29, 1.82) is 0 Å². The van der Waals surface area contributed by atoms with Gasteiger partial charge in [0.1, 0.15) is 0 Å². The van der Waals surface area contributed by atoms with Crippen LogP contribution in [0.25, 0.3) is 0 Å². The Morgan fingerprint density at radius 1 is 1.26 bits per heavy atom. The monoisotopic (exact) mass is 397 g/mol. The van der Waals surface area contributed by atoms with Gasteiger partial charge in [-0.05, 0) is 52.9 Å². The van der Waals surface area contributed by atoms with Gasteiger partial charge in [0.05, 0.1) is 5.56 Å². The van der Waals surface area contributed by atoms with Crippen LogP contribution in [0.4, 0.5) is 13.2 Å². The Kier molecular flexibility index (Phi) is 4.70. The summed E-state index contributed by atoms with van der Waals surface area (Å²) in [7, 11) is 1.82. The first-order valence-corrected chi connectivity index (χ1v) is 10.1. The van der Waals surface area contributed by atoms with Crippen molar-refractivity contribution >= 4 is 11.8 Å². The van der Waals surface area contributed by atoms with E-state index in [2.05, 4.69) is 27.3 Å². The number of tetrazole rings is 1. The van der Waals surface area contributed by atoms with Gasteiger partial charge in [-0.25, -0.2) is 4.68 Å². The number of thioether (sulfide) groups is 1. The minimum atomic E-state index is -4.28. The summed E-state index contributed by atoms with van der Waals surface area (Å²) in [6.07, 6.45) is -3.25. The van der Waals surface area contributed by atoms with Gasteiger partial charge in [0.2, 0.25) is 5.16 Å². The standard InChI is InChI=1S/C18H22F3N5S/c1-12-15-10-26(8-3-9-27-16-22-23-24-25(16)2)11-17(12,15)13-4-6-14(7-5-13)18(19,20)21/h4-7,12,15H,3,8-11H2,1-2H3/t12-,15+,17-/m0/s1. The molecule has 4 rings (SSSR count). The van der Waals surface area contributed by atoms with Crippen molar-refractivity contribution in [3.05, 3.63) is 35.4 Å². The number of alkyl halides is 3. The minimum absolute atomic E-state index is 0.0325. The first-order valence-electron chi connectivity index (χ1n) is 9.07. The second-order valence-corrected chi connectivity index (χ2v) is 8.59. The van der Waals surface area contributed by atoms with E-state index in [0.717, 1.165) is 42.5 Å². The SMILES string of the molecule is C[C@H]1[C@H]2CN(CCCSc3nnnn3C)C[C@]21c1ccc(C(F)(F)F)cc1. The van der Waals surface area contributed by atoms with Crippen LogP contribution in [0.3, 0.4) is 0 Å². The first kappa shape index (κ1) is 18.7. The molecule has 0 spiro atoms. The van der Waals surface area contributed by atoms with E-state index in [4.69, 9.17) is 0 Å². The zero-order valence-electron chi connectivity index (χ0n) is 15.3. The molecular formula is C18H22F3N5S. The second-order valence-electron chi connectivity index (χ2n) is 7.53. The maximum absolute atomic E-state index is 12.8. The molecule has 1 aromatic carbocycles. The van der Waals surface area contributed by atoms with Crippen LogP contribution in [0.15, 0.2) is 29.4 Å². The average molecular weight is 397 g/mol. The lowest BCUT2D eigenvalue weighted by atomic mass is 9.92. The Balaban J connectivity index is 1.33. The van der Waals surface area contributed by atoms with Gasteiger partial charge in [-0.2, -0.15) is 13.2 Å². The van der Waals surface area contributed by atoms with Crippen LogP contribution in [0.2, 0.25) is 0 Å². The molecule has 0 unspecified atom stereocenters. The predicted molar refractivity (Wildman–Crippen MR) is 96.4 cm³/mol. The van der Waals surface area contributed by atoms with Crippen molar-refractivity contribution in [3.8, 4) is 0 Å². The Labute approximate surface area is 160 Å². The molecule has 5 nitrogen and oxygen atoms in total. The third kappa shape index (κ3) is 3.35. The number of aryl methyl sites for hydroxylation is 1. The zero-order valence-corrected chi connectivity index (χ0v) is 16.1. The van der Waals surface area contributed by atoms with Gasteiger partial charge in [0.15, 0.2) is 0 Å². The van der Waals surface area contributed by atoms with E-state index in [0.29, 0.717) is 11.8 Å². The summed E-state index contributed by atoms with van der Waals surface area (Å²) >= 11 is 1.64. The number of hydrogen-bond acceptors (Lipinski definition) is 5. The van der Waals surface area contributed by atoms with Crippen LogP contribution >= 0.6 is 11.8 Å². The summed E-state index contributed by atoms with van der Waals surface area (Å²) < 4.78 is 40.1. The molecule has 1 saturated carbocycles. The molecule has 2 heterocycles. The third-order valence-electron chi connectivity index (χ3n) is 6.09. The van der Waals surface area contributed by atoms with Gasteiger partial charge in [-0.1, -0.05) is 30.8 Å². The van der Waals surface area contributed by atoms with E-state index < -0.39 is 11.7 Å². The molecule has 3 atom stereocenters. The van der Waals surface area contributed by atoms with Crippen LogP contribution in [0.1, 0.15) is 24.5 Å². The van der Waals surface area contributed by atoms with Gasteiger partial charge in [0.25, 0.3) is 0 Å². The van der Waals surface area contributed by atoms with Crippen LogP contribution in [0, 0.1) is 11.8 Å². The van der Waals surface area contributed by atoms with Crippen molar-refractivity contribution in [2.24, 2.45) is 18.9 Å². The molecule has 0 radical (unpaired) electrons. The Morgan fingerprint density at radius 3 is 2.63 bits per heavy atom. The van der Waals surface area contributed by atoms with E-state index in [9.17, 15) is 13.2 Å². The number of fused-ring (bicyclic) bond motifs is 1. The molecule has 2 fully saturated rings. The van der Waals surface area contributed by atoms with Crippen LogP contribution < -0.4 is 0 Å². The van der Waals surface area contributed by atoms with Gasteiger partial charge in [-0.15, -0.1) is 5.10 Å². The van der Waals surface area contributed by atoms with Crippen LogP contribution in [0.5, 0.6) is 0 Å². The van der Waals surface area contributed by atoms with Crippen LogP contribution in [-0.4, -0.2) is 50.5 Å². The van der Waals surface area contributed by atoms with E-state index in [1.54, 1.807) is 28.6 Å². The topological polar surface area (TPSA) is 46.8 Å². The molecule has 1 saturated heterocycles. The van der Waals surface area contributed by atoms with E-state index >= 15 is 0 Å². The number of hydrogen-bond donors (Lipinski definition) is 0. The number of piperidine rings is 1. The lowest BCUT2D eigenvalue weighted by Crippen LogP contribution is -2.30. The summed E-state index contributed by atoms with van der Waals surface area (Å²) in [6.45, 7) is 5.17. The van der Waals surface area contributed by atoms with Gasteiger partial charge >= 0.3 is 6.18 Å². The van der Waals surface area contributed by atoms with E-state index in [-0.39, 0.29) is 5.41 Å². The lowest BCUT2D eigenvalue weighted by Gasteiger charge is -2.23. The normalized spacial score (nSPS) is 27.7. The maximum Gasteiger partial charge on any atom is 0.416 e. The van der Waals surface area contributed by atoms with Crippen LogP contribution in [-0.2, 0) is 18.6 Å². The zero-order chi connectivity index (χ0) is 19.2. The summed E-state index contributed by atoms with van der Waals surface area (Å²) in [5.74, 6) is 2.02. The first-order chi connectivity index (χ1) is 12.8. The molecule has 27 heavy (non-hydrogen) atoms. The molecular weight excluding hydrogens is 375 g/mol. The molecule has 0 bridgehead atoms. The molecule has 146 valence electrons. The molecule has 9 heteroatoms. The summed E-state index contributed by atoms with van der Waals surface area (Å²) in [6, 6.07) is 5.81. The number of nitrogens with zero attached hydrogens (tertiary/aromatic N) is 5. The molecule has 1 aliphatic carbocycles. The van der Waals surface area contributed by atoms with Crippen molar-refractivity contribution < 1.29 is 13.2 Å². The molecule has 0 amide bonds. The maximum atomic E-state index is 12.8. The van der Waals surface area contributed by atoms with Crippen molar-refractivity contribution in [3.63, 3.8) is 0 Å². The molecule has 2 aromatic rings. The third-order valence-corrected chi connectivity index (χ3v) is 7.19. The van der Waals surface area contributed by atoms with Gasteiger partial charge in [-0.3, -0.25) is 0 Å². The summed E-state index contributed by atoms with van der Waals surface area (Å²) in [5.41, 5.74) is 0.512. The highest BCUT2D eigenvalue weighted by Crippen LogP contribution is 2.63. The highest BCUT2D eigenvalue weighted by Gasteiger charge is 2.66. The number of benzene rings is 1. The predicted octanol–water partition coefficient (Wildman–Crippen LogP) is 3.23. The number of likely N-dealkylation sites (tertiary alicyclic amines) is 1. The van der Waals surface area contributed by atoms with E-state index in [1.165, 1.54) is 12.1 Å². The van der Waals surface area contributed by atoms with E-state index in [1.807, 2.05) is 7.05 Å². The molecule has 1 aliphatic heterocycles. The minimum Gasteiger partial charge on any atom is -0.302 e. The number of halogens is 3. The summed E-state index contributed by atoms with van der Waals surface area (Å²) in [4.78, 5) is 2.44. The van der Waals surface area contributed by atoms with Gasteiger partial charge in [0, 0.05) is 31.3 Å².